The van der Waals surface area contributed by atoms with E-state index in [4.69, 9.17) is 16.3 Å². The van der Waals surface area contributed by atoms with Crippen molar-refractivity contribution in [1.29, 1.82) is 0 Å². The molecule has 5 rings (SSSR count). The maximum absolute atomic E-state index is 13.1. The zero-order valence-corrected chi connectivity index (χ0v) is 20.5. The molecule has 1 heterocycles. The third-order valence-electron chi connectivity index (χ3n) is 6.30. The molecule has 0 aliphatic rings. The lowest BCUT2D eigenvalue weighted by atomic mass is 9.88. The zero-order chi connectivity index (χ0) is 24.7. The maximum Gasteiger partial charge on any atom is 0.221 e. The van der Waals surface area contributed by atoms with Gasteiger partial charge in [0, 0.05) is 41.0 Å². The molecule has 4 aromatic carbocycles. The smallest absolute Gasteiger partial charge is 0.221 e. The highest BCUT2D eigenvalue weighted by atomic mass is 35.5. The summed E-state index contributed by atoms with van der Waals surface area (Å²) in [5.41, 5.74) is 5.26. The minimum absolute atomic E-state index is 0.00960. The van der Waals surface area contributed by atoms with Crippen LogP contribution >= 0.6 is 11.6 Å². The first-order chi connectivity index (χ1) is 17.7. The van der Waals surface area contributed by atoms with Crippen LogP contribution < -0.4 is 10.1 Å². The van der Waals surface area contributed by atoms with Gasteiger partial charge in [0.25, 0.3) is 0 Å². The van der Waals surface area contributed by atoms with Gasteiger partial charge in [-0.15, -0.1) is 0 Å². The van der Waals surface area contributed by atoms with Crippen molar-refractivity contribution >= 4 is 28.4 Å². The number of fused-ring (bicyclic) bond motifs is 1. The van der Waals surface area contributed by atoms with Crippen LogP contribution in [-0.2, 0) is 17.9 Å². The second-order valence-electron chi connectivity index (χ2n) is 8.80. The Hall–Kier alpha value is -4.02. The van der Waals surface area contributed by atoms with Crippen molar-refractivity contribution in [2.45, 2.75) is 25.5 Å². The number of aromatic amines is 1. The number of benzene rings is 4. The van der Waals surface area contributed by atoms with E-state index in [1.807, 2.05) is 109 Å². The number of nitrogens with one attached hydrogen (secondary N) is 2. The fraction of sp³-hybridized carbons (Fsp3) is 0.129. The number of carbonyl (C=O) groups is 1. The number of amides is 1. The fourth-order valence-electron chi connectivity index (χ4n) is 4.40. The van der Waals surface area contributed by atoms with Gasteiger partial charge in [0.15, 0.2) is 0 Å². The Kier molecular flexibility index (Phi) is 7.34. The van der Waals surface area contributed by atoms with E-state index in [1.54, 1.807) is 0 Å². The fourth-order valence-corrected chi connectivity index (χ4v) is 4.57. The molecule has 5 aromatic rings. The van der Waals surface area contributed by atoms with E-state index in [2.05, 4.69) is 10.3 Å². The molecule has 0 saturated carbocycles. The van der Waals surface area contributed by atoms with Crippen LogP contribution in [0.5, 0.6) is 5.75 Å². The first kappa shape index (κ1) is 23.7. The van der Waals surface area contributed by atoms with E-state index in [0.717, 1.165) is 38.9 Å². The Morgan fingerprint density at radius 3 is 2.28 bits per heavy atom. The van der Waals surface area contributed by atoms with Gasteiger partial charge in [0.05, 0.1) is 0 Å². The molecule has 36 heavy (non-hydrogen) atoms. The van der Waals surface area contributed by atoms with Gasteiger partial charge in [-0.25, -0.2) is 0 Å². The zero-order valence-electron chi connectivity index (χ0n) is 19.8. The largest absolute Gasteiger partial charge is 0.489 e. The number of aromatic nitrogens is 1. The van der Waals surface area contributed by atoms with Gasteiger partial charge in [0.1, 0.15) is 12.4 Å². The average molecular weight is 495 g/mol. The molecular formula is C31H27ClN2O2. The second-order valence-corrected chi connectivity index (χ2v) is 9.23. The normalized spacial score (nSPS) is 11.8. The van der Waals surface area contributed by atoms with E-state index >= 15 is 0 Å². The molecule has 1 amide bonds. The third-order valence-corrected chi connectivity index (χ3v) is 6.54. The Labute approximate surface area is 215 Å². The molecule has 2 N–H and O–H groups in total. The lowest BCUT2D eigenvalue weighted by Gasteiger charge is -2.18. The number of halogens is 1. The number of ether oxygens (including phenoxy) is 1. The minimum Gasteiger partial charge on any atom is -0.489 e. The number of H-pyrrole nitrogens is 1. The number of carbonyl (C=O) groups excluding carboxylic acids is 1. The van der Waals surface area contributed by atoms with E-state index in [9.17, 15) is 4.79 Å². The third kappa shape index (κ3) is 5.78. The van der Waals surface area contributed by atoms with Crippen LogP contribution in [0.3, 0.4) is 0 Å². The van der Waals surface area contributed by atoms with Crippen LogP contribution in [0.25, 0.3) is 10.9 Å². The second kappa shape index (κ2) is 11.1. The van der Waals surface area contributed by atoms with Crippen molar-refractivity contribution in [3.8, 4) is 5.75 Å². The van der Waals surface area contributed by atoms with Gasteiger partial charge in [0.2, 0.25) is 5.91 Å². The van der Waals surface area contributed by atoms with Crippen molar-refractivity contribution in [3.63, 3.8) is 0 Å². The summed E-state index contributed by atoms with van der Waals surface area (Å²) >= 11 is 6.32. The van der Waals surface area contributed by atoms with Gasteiger partial charge < -0.3 is 15.0 Å². The number of hydrogen-bond acceptors (Lipinski definition) is 2. The van der Waals surface area contributed by atoms with E-state index < -0.39 is 0 Å². The summed E-state index contributed by atoms with van der Waals surface area (Å²) in [4.78, 5) is 16.4. The standard InChI is InChI=1S/C31H27ClN2O2/c32-25-13-16-30-28(17-25)29(20-33-30)27(18-31(35)34-19-22-7-3-1-4-8-22)24-11-14-26(15-12-24)36-21-23-9-5-2-6-10-23/h1-17,20,27,33H,18-19,21H2,(H,34,35)/t27-/m0/s1. The van der Waals surface area contributed by atoms with Crippen LogP contribution in [0.1, 0.15) is 34.6 Å². The number of hydrogen-bond donors (Lipinski definition) is 2. The first-order valence-corrected chi connectivity index (χ1v) is 12.4. The minimum atomic E-state index is -0.142. The molecule has 0 spiro atoms. The molecule has 5 heteroatoms. The van der Waals surface area contributed by atoms with Crippen LogP contribution in [0.15, 0.2) is 109 Å². The highest BCUT2D eigenvalue weighted by Crippen LogP contribution is 2.35. The molecule has 4 nitrogen and oxygen atoms in total. The molecule has 0 bridgehead atoms. The van der Waals surface area contributed by atoms with E-state index in [0.29, 0.717) is 24.6 Å². The SMILES string of the molecule is O=C(C[C@@H](c1ccc(OCc2ccccc2)cc1)c1c[nH]c2ccc(Cl)cc12)NCc1ccccc1. The van der Waals surface area contributed by atoms with Gasteiger partial charge >= 0.3 is 0 Å². The summed E-state index contributed by atoms with van der Waals surface area (Å²) in [6, 6.07) is 33.8. The van der Waals surface area contributed by atoms with Gasteiger partial charge in [-0.05, 0) is 52.6 Å². The van der Waals surface area contributed by atoms with Crippen LogP contribution in [-0.4, -0.2) is 10.9 Å². The Morgan fingerprint density at radius 2 is 1.56 bits per heavy atom. The summed E-state index contributed by atoms with van der Waals surface area (Å²) in [5, 5.41) is 4.76. The summed E-state index contributed by atoms with van der Waals surface area (Å²) in [6.45, 7) is 1.00. The lowest BCUT2D eigenvalue weighted by Crippen LogP contribution is -2.25. The predicted molar refractivity (Wildman–Crippen MR) is 145 cm³/mol. The van der Waals surface area contributed by atoms with E-state index in [-0.39, 0.29) is 11.8 Å². The summed E-state index contributed by atoms with van der Waals surface area (Å²) in [6.07, 6.45) is 2.30. The average Bonchev–Trinajstić information content (AvgIpc) is 3.34. The highest BCUT2D eigenvalue weighted by molar-refractivity contribution is 6.31. The van der Waals surface area contributed by atoms with Crippen LogP contribution in [0.4, 0.5) is 0 Å². The molecule has 0 aliphatic carbocycles. The molecule has 0 fully saturated rings. The Bertz CT molecular complexity index is 1430. The highest BCUT2D eigenvalue weighted by Gasteiger charge is 2.22. The lowest BCUT2D eigenvalue weighted by molar-refractivity contribution is -0.121. The molecule has 0 unspecified atom stereocenters. The topological polar surface area (TPSA) is 54.1 Å². The van der Waals surface area contributed by atoms with E-state index in [1.165, 1.54) is 0 Å². The molecule has 0 saturated heterocycles. The molecular weight excluding hydrogens is 468 g/mol. The van der Waals surface area contributed by atoms with Gasteiger partial charge in [-0.2, -0.15) is 0 Å². The summed E-state index contributed by atoms with van der Waals surface area (Å²) < 4.78 is 5.97. The Balaban J connectivity index is 1.37. The summed E-state index contributed by atoms with van der Waals surface area (Å²) in [5.74, 6) is 0.637. The molecule has 0 radical (unpaired) electrons. The first-order valence-electron chi connectivity index (χ1n) is 12.0. The summed E-state index contributed by atoms with van der Waals surface area (Å²) in [7, 11) is 0. The monoisotopic (exact) mass is 494 g/mol. The van der Waals surface area contributed by atoms with Gasteiger partial charge in [-0.1, -0.05) is 84.4 Å². The number of rotatable bonds is 9. The van der Waals surface area contributed by atoms with Crippen LogP contribution in [0.2, 0.25) is 5.02 Å². The van der Waals surface area contributed by atoms with Crippen molar-refractivity contribution in [1.82, 2.24) is 10.3 Å². The molecule has 0 aliphatic heterocycles. The quantitative estimate of drug-likeness (QED) is 0.227. The predicted octanol–water partition coefficient (Wildman–Crippen LogP) is 7.24. The van der Waals surface area contributed by atoms with Crippen molar-refractivity contribution in [3.05, 3.63) is 137 Å². The van der Waals surface area contributed by atoms with Crippen molar-refractivity contribution < 1.29 is 9.53 Å². The van der Waals surface area contributed by atoms with Crippen LogP contribution in [0, 0.1) is 0 Å². The van der Waals surface area contributed by atoms with Crippen molar-refractivity contribution in [2.75, 3.05) is 0 Å². The Morgan fingerprint density at radius 1 is 0.861 bits per heavy atom. The van der Waals surface area contributed by atoms with Crippen molar-refractivity contribution in [2.24, 2.45) is 0 Å². The molecule has 180 valence electrons. The molecule has 1 atom stereocenters. The van der Waals surface area contributed by atoms with Gasteiger partial charge in [-0.3, -0.25) is 4.79 Å². The molecule has 1 aromatic heterocycles. The maximum atomic E-state index is 13.1.